The monoisotopic (exact) mass is 782 g/mol. The fourth-order valence-electron chi connectivity index (χ4n) is 8.39. The third kappa shape index (κ3) is 7.71. The maximum absolute atomic E-state index is 9.77. The van der Waals surface area contributed by atoms with E-state index in [1.807, 2.05) is 91.0 Å². The number of hydrogen-bond acceptors (Lipinski definition) is 4. The number of nitrogens with zero attached hydrogens (tertiary/aromatic N) is 2. The second kappa shape index (κ2) is 16.7. The molecule has 1 unspecified atom stereocenters. The van der Waals surface area contributed by atoms with E-state index in [0.29, 0.717) is 11.5 Å². The van der Waals surface area contributed by atoms with Gasteiger partial charge < -0.3 is 5.32 Å². The molecule has 0 bridgehead atoms. The molecule has 0 amide bonds. The molecule has 7 aromatic carbocycles. The quantitative estimate of drug-likeness (QED) is 0.143. The summed E-state index contributed by atoms with van der Waals surface area (Å²) in [6, 6.07) is 68.9. The Bertz CT molecular complexity index is 2930. The summed E-state index contributed by atoms with van der Waals surface area (Å²) >= 11 is 0. The molecule has 290 valence electrons. The van der Waals surface area contributed by atoms with Gasteiger partial charge in [0.1, 0.15) is 0 Å². The average molecular weight is 783 g/mol. The second-order valence-electron chi connectivity index (χ2n) is 15.4. The molecule has 0 radical (unpaired) electrons. The summed E-state index contributed by atoms with van der Waals surface area (Å²) in [7, 11) is 0. The summed E-state index contributed by atoms with van der Waals surface area (Å²) in [6.45, 7) is 0. The fraction of sp³-hybridized carbons (Fsp3) is 0.0351. The minimum absolute atomic E-state index is 0.164. The van der Waals surface area contributed by atoms with Gasteiger partial charge in [0.2, 0.25) is 0 Å². The van der Waals surface area contributed by atoms with Crippen molar-refractivity contribution < 1.29 is 0 Å². The molecule has 0 saturated carbocycles. The molecule has 2 heterocycles. The summed E-state index contributed by atoms with van der Waals surface area (Å²) < 4.78 is 0. The SMILES string of the molecule is N=C(/C(=C1\NC(c2ccccc2)=Cc2cccc(C3=CC(c4ccc(-c5nc(-c6ccccc6)cc(-c6ccccc6)n5)cc4)CC=C3)c21)c1ccccc1)c1ccccc1. The van der Waals surface area contributed by atoms with Crippen LogP contribution in [0.4, 0.5) is 0 Å². The standard InChI is InChI=1S/C57H42N4/c58-55(44-26-14-5-15-27-44)54(43-24-12-4-13-25-43)56-53-48(37-50(59-56)40-18-6-1-7-19-40)30-17-31-49(53)47-29-16-28-46(36-47)39-32-34-45(35-33-39)57-60-51(41-20-8-2-9-21-41)38-52(61-57)42-22-10-3-11-23-42/h1-27,29-38,46,58-59H,28H2/b56-54-,58-55?. The molecule has 2 N–H and O–H groups in total. The van der Waals surface area contributed by atoms with Gasteiger partial charge in [0.25, 0.3) is 0 Å². The lowest BCUT2D eigenvalue weighted by Crippen LogP contribution is -2.21. The molecule has 4 heteroatoms. The lowest BCUT2D eigenvalue weighted by atomic mass is 9.81. The zero-order valence-corrected chi connectivity index (χ0v) is 33.5. The third-order valence-electron chi connectivity index (χ3n) is 11.5. The van der Waals surface area contributed by atoms with Crippen molar-refractivity contribution in [2.24, 2.45) is 0 Å². The van der Waals surface area contributed by atoms with Gasteiger partial charge in [-0.25, -0.2) is 9.97 Å². The Morgan fingerprint density at radius 3 is 1.70 bits per heavy atom. The summed E-state index contributed by atoms with van der Waals surface area (Å²) in [4.78, 5) is 10.1. The van der Waals surface area contributed by atoms with Crippen molar-refractivity contribution in [2.75, 3.05) is 0 Å². The van der Waals surface area contributed by atoms with E-state index in [9.17, 15) is 5.41 Å². The Hall–Kier alpha value is -7.95. The van der Waals surface area contributed by atoms with Gasteiger partial charge in [-0.3, -0.25) is 5.41 Å². The van der Waals surface area contributed by atoms with Crippen LogP contribution in [0.25, 0.3) is 62.5 Å². The summed E-state index contributed by atoms with van der Waals surface area (Å²) in [5.74, 6) is 0.865. The molecule has 61 heavy (non-hydrogen) atoms. The number of rotatable bonds is 9. The second-order valence-corrected chi connectivity index (χ2v) is 15.4. The highest BCUT2D eigenvalue weighted by molar-refractivity contribution is 6.36. The zero-order chi connectivity index (χ0) is 41.0. The van der Waals surface area contributed by atoms with Gasteiger partial charge in [-0.15, -0.1) is 0 Å². The summed E-state index contributed by atoms with van der Waals surface area (Å²) in [6.07, 6.45) is 10.1. The maximum Gasteiger partial charge on any atom is 0.160 e. The Kier molecular flexibility index (Phi) is 10.2. The highest BCUT2D eigenvalue weighted by Crippen LogP contribution is 2.42. The first kappa shape index (κ1) is 37.3. The molecule has 8 aromatic rings. The van der Waals surface area contributed by atoms with Crippen LogP contribution in [0.5, 0.6) is 0 Å². The topological polar surface area (TPSA) is 61.7 Å². The molecular formula is C57H42N4. The highest BCUT2D eigenvalue weighted by Gasteiger charge is 2.27. The van der Waals surface area contributed by atoms with E-state index in [2.05, 4.69) is 139 Å². The molecule has 0 fully saturated rings. The molecule has 0 saturated heterocycles. The summed E-state index contributed by atoms with van der Waals surface area (Å²) in [5, 5.41) is 13.7. The van der Waals surface area contributed by atoms with E-state index < -0.39 is 0 Å². The van der Waals surface area contributed by atoms with Gasteiger partial charge in [0.05, 0.1) is 22.8 Å². The van der Waals surface area contributed by atoms with E-state index in [-0.39, 0.29) is 5.92 Å². The Labute approximate surface area is 357 Å². The van der Waals surface area contributed by atoms with Gasteiger partial charge in [0, 0.05) is 45.0 Å². The number of benzene rings is 7. The van der Waals surface area contributed by atoms with Gasteiger partial charge in [0.15, 0.2) is 5.82 Å². The molecule has 0 spiro atoms. The van der Waals surface area contributed by atoms with Crippen LogP contribution in [0, 0.1) is 5.41 Å². The van der Waals surface area contributed by atoms with E-state index in [4.69, 9.17) is 9.97 Å². The first-order chi connectivity index (χ1) is 30.2. The Morgan fingerprint density at radius 2 is 1.10 bits per heavy atom. The predicted octanol–water partition coefficient (Wildman–Crippen LogP) is 13.6. The third-order valence-corrected chi connectivity index (χ3v) is 11.5. The molecule has 10 rings (SSSR count). The molecule has 1 aliphatic carbocycles. The first-order valence-corrected chi connectivity index (χ1v) is 20.8. The number of fused-ring (bicyclic) bond motifs is 1. The van der Waals surface area contributed by atoms with Crippen molar-refractivity contribution in [1.82, 2.24) is 15.3 Å². The highest BCUT2D eigenvalue weighted by atomic mass is 14.9. The van der Waals surface area contributed by atoms with E-state index >= 15 is 0 Å². The van der Waals surface area contributed by atoms with E-state index in [1.165, 1.54) is 5.56 Å². The molecule has 2 aliphatic rings. The molecule has 1 aliphatic heterocycles. The smallest absolute Gasteiger partial charge is 0.160 e. The van der Waals surface area contributed by atoms with Crippen molar-refractivity contribution in [3.05, 3.63) is 257 Å². The number of aromatic nitrogens is 2. The van der Waals surface area contributed by atoms with Gasteiger partial charge in [-0.1, -0.05) is 212 Å². The van der Waals surface area contributed by atoms with Gasteiger partial charge >= 0.3 is 0 Å². The maximum atomic E-state index is 9.77. The predicted molar refractivity (Wildman–Crippen MR) is 253 cm³/mol. The van der Waals surface area contributed by atoms with Gasteiger partial charge in [-0.05, 0) is 52.0 Å². The van der Waals surface area contributed by atoms with Crippen molar-refractivity contribution >= 4 is 34.3 Å². The Morgan fingerprint density at radius 1 is 0.541 bits per heavy atom. The van der Waals surface area contributed by atoms with E-state index in [1.54, 1.807) is 0 Å². The average Bonchev–Trinajstić information content (AvgIpc) is 3.35. The molecule has 1 atom stereocenters. The van der Waals surface area contributed by atoms with Crippen molar-refractivity contribution in [3.8, 4) is 33.9 Å². The van der Waals surface area contributed by atoms with Crippen LogP contribution in [0.3, 0.4) is 0 Å². The van der Waals surface area contributed by atoms with Crippen LogP contribution in [0.15, 0.2) is 218 Å². The largest absolute Gasteiger partial charge is 0.354 e. The van der Waals surface area contributed by atoms with Crippen LogP contribution < -0.4 is 5.32 Å². The zero-order valence-electron chi connectivity index (χ0n) is 33.5. The first-order valence-electron chi connectivity index (χ1n) is 20.8. The number of hydrogen-bond donors (Lipinski definition) is 2. The minimum Gasteiger partial charge on any atom is -0.354 e. The van der Waals surface area contributed by atoms with Crippen molar-refractivity contribution in [2.45, 2.75) is 12.3 Å². The van der Waals surface area contributed by atoms with Crippen LogP contribution in [-0.4, -0.2) is 15.7 Å². The molecule has 1 aromatic heterocycles. The van der Waals surface area contributed by atoms with Gasteiger partial charge in [-0.2, -0.15) is 0 Å². The molecule has 4 nitrogen and oxygen atoms in total. The van der Waals surface area contributed by atoms with E-state index in [0.717, 1.165) is 90.4 Å². The lowest BCUT2D eigenvalue weighted by molar-refractivity contribution is 0.857. The number of allylic oxidation sites excluding steroid dienone is 5. The van der Waals surface area contributed by atoms with Crippen LogP contribution >= 0.6 is 0 Å². The fourth-order valence-corrected chi connectivity index (χ4v) is 8.39. The minimum atomic E-state index is 0.164. The van der Waals surface area contributed by atoms with Crippen molar-refractivity contribution in [1.29, 1.82) is 5.41 Å². The van der Waals surface area contributed by atoms with Crippen molar-refractivity contribution in [3.63, 3.8) is 0 Å². The lowest BCUT2D eigenvalue weighted by Gasteiger charge is -2.29. The number of nitrogens with one attached hydrogen (secondary N) is 2. The Balaban J connectivity index is 1.06. The van der Waals surface area contributed by atoms with Crippen LogP contribution in [-0.2, 0) is 0 Å². The van der Waals surface area contributed by atoms with Crippen LogP contribution in [0.2, 0.25) is 0 Å². The molecular weight excluding hydrogens is 741 g/mol. The normalized spacial score (nSPS) is 15.2. The summed E-state index contributed by atoms with van der Waals surface area (Å²) in [5.41, 5.74) is 16.7. The van der Waals surface area contributed by atoms with Crippen LogP contribution in [0.1, 0.15) is 51.3 Å².